The van der Waals surface area contributed by atoms with Gasteiger partial charge in [-0.1, -0.05) is 36.9 Å². The molecule has 3 aromatic rings. The summed E-state index contributed by atoms with van der Waals surface area (Å²) in [6.07, 6.45) is 5.99. The Bertz CT molecular complexity index is 1050. The van der Waals surface area contributed by atoms with Crippen molar-refractivity contribution in [3.63, 3.8) is 0 Å². The maximum Gasteiger partial charge on any atom is 0.246 e. The van der Waals surface area contributed by atoms with E-state index in [0.29, 0.717) is 43.5 Å². The van der Waals surface area contributed by atoms with Gasteiger partial charge in [0.15, 0.2) is 0 Å². The van der Waals surface area contributed by atoms with E-state index < -0.39 is 0 Å². The third-order valence-corrected chi connectivity index (χ3v) is 4.98. The number of ether oxygens (including phenoxy) is 2. The average molecular weight is 420 g/mol. The SMILES string of the molecule is C=CC(=O)N1CCO[C@@H](COc2ncnc(N)c2-c2cnn(Cc3ccccc3)c2)C1. The first-order chi connectivity index (χ1) is 15.1. The molecule has 0 spiro atoms. The number of aromatic nitrogens is 4. The van der Waals surface area contributed by atoms with E-state index in [9.17, 15) is 4.79 Å². The number of nitrogen functional groups attached to an aromatic ring is 1. The molecule has 0 radical (unpaired) electrons. The second kappa shape index (κ2) is 9.40. The van der Waals surface area contributed by atoms with Crippen molar-refractivity contribution < 1.29 is 14.3 Å². The van der Waals surface area contributed by atoms with Crippen LogP contribution in [0.5, 0.6) is 5.88 Å². The molecule has 160 valence electrons. The highest BCUT2D eigenvalue weighted by molar-refractivity contribution is 5.87. The second-order valence-corrected chi connectivity index (χ2v) is 7.14. The summed E-state index contributed by atoms with van der Waals surface area (Å²) >= 11 is 0. The fraction of sp³-hybridized carbons (Fsp3) is 0.273. The van der Waals surface area contributed by atoms with Crippen LogP contribution in [0.2, 0.25) is 0 Å². The molecule has 2 N–H and O–H groups in total. The van der Waals surface area contributed by atoms with Crippen LogP contribution in [-0.2, 0) is 16.1 Å². The zero-order chi connectivity index (χ0) is 21.6. The summed E-state index contributed by atoms with van der Waals surface area (Å²) in [6, 6.07) is 10.0. The zero-order valence-corrected chi connectivity index (χ0v) is 17.1. The summed E-state index contributed by atoms with van der Waals surface area (Å²) < 4.78 is 13.5. The molecule has 4 rings (SSSR count). The molecule has 9 nitrogen and oxygen atoms in total. The average Bonchev–Trinajstić information content (AvgIpc) is 3.25. The minimum Gasteiger partial charge on any atom is -0.474 e. The van der Waals surface area contributed by atoms with Gasteiger partial charge in [0, 0.05) is 18.3 Å². The van der Waals surface area contributed by atoms with E-state index >= 15 is 0 Å². The molecule has 1 atom stereocenters. The number of morpholine rings is 1. The molecule has 1 aliphatic heterocycles. The Balaban J connectivity index is 1.48. The van der Waals surface area contributed by atoms with E-state index in [4.69, 9.17) is 15.2 Å². The maximum absolute atomic E-state index is 11.9. The molecule has 0 aliphatic carbocycles. The lowest BCUT2D eigenvalue weighted by Gasteiger charge is -2.32. The largest absolute Gasteiger partial charge is 0.474 e. The van der Waals surface area contributed by atoms with Gasteiger partial charge in [-0.25, -0.2) is 9.97 Å². The van der Waals surface area contributed by atoms with Crippen LogP contribution in [0.15, 0.2) is 61.7 Å². The van der Waals surface area contributed by atoms with Gasteiger partial charge in [0.1, 0.15) is 24.9 Å². The van der Waals surface area contributed by atoms with Gasteiger partial charge in [-0.15, -0.1) is 0 Å². The van der Waals surface area contributed by atoms with E-state index in [1.807, 2.05) is 41.2 Å². The smallest absolute Gasteiger partial charge is 0.246 e. The Morgan fingerprint density at radius 1 is 1.32 bits per heavy atom. The Kier molecular flexibility index (Phi) is 6.23. The molecule has 0 bridgehead atoms. The molecule has 1 aliphatic rings. The summed E-state index contributed by atoms with van der Waals surface area (Å²) in [4.78, 5) is 21.9. The Morgan fingerprint density at radius 2 is 2.16 bits per heavy atom. The molecule has 0 saturated carbocycles. The number of nitrogens with zero attached hydrogens (tertiary/aromatic N) is 5. The fourth-order valence-corrected chi connectivity index (χ4v) is 3.43. The van der Waals surface area contributed by atoms with Gasteiger partial charge in [0.2, 0.25) is 11.8 Å². The van der Waals surface area contributed by atoms with Gasteiger partial charge in [-0.2, -0.15) is 5.10 Å². The van der Waals surface area contributed by atoms with Gasteiger partial charge in [-0.3, -0.25) is 9.48 Å². The highest BCUT2D eigenvalue weighted by Gasteiger charge is 2.24. The van der Waals surface area contributed by atoms with Crippen molar-refractivity contribution in [3.8, 4) is 17.0 Å². The number of carbonyl (C=O) groups is 1. The van der Waals surface area contributed by atoms with Gasteiger partial charge in [-0.05, 0) is 11.6 Å². The lowest BCUT2D eigenvalue weighted by Crippen LogP contribution is -2.47. The van der Waals surface area contributed by atoms with Crippen molar-refractivity contribution in [1.29, 1.82) is 0 Å². The summed E-state index contributed by atoms with van der Waals surface area (Å²) in [5, 5.41) is 4.43. The Labute approximate surface area is 180 Å². The molecule has 0 unspecified atom stereocenters. The van der Waals surface area contributed by atoms with Gasteiger partial charge in [0.25, 0.3) is 0 Å². The molecule has 2 aromatic heterocycles. The van der Waals surface area contributed by atoms with Gasteiger partial charge < -0.3 is 20.1 Å². The Morgan fingerprint density at radius 3 is 2.97 bits per heavy atom. The number of hydrogen-bond donors (Lipinski definition) is 1. The fourth-order valence-electron chi connectivity index (χ4n) is 3.43. The van der Waals surface area contributed by atoms with Crippen LogP contribution >= 0.6 is 0 Å². The topological polar surface area (TPSA) is 108 Å². The molecule has 9 heteroatoms. The van der Waals surface area contributed by atoms with Crippen LogP contribution in [-0.4, -0.2) is 63.0 Å². The highest BCUT2D eigenvalue weighted by Crippen LogP contribution is 2.32. The van der Waals surface area contributed by atoms with E-state index in [0.717, 1.165) is 11.1 Å². The first-order valence-electron chi connectivity index (χ1n) is 9.97. The third kappa shape index (κ3) is 4.89. The van der Waals surface area contributed by atoms with Crippen LogP contribution in [0.4, 0.5) is 5.82 Å². The molecule has 1 saturated heterocycles. The van der Waals surface area contributed by atoms with Crippen LogP contribution in [0.1, 0.15) is 5.56 Å². The van der Waals surface area contributed by atoms with Crippen molar-refractivity contribution >= 4 is 11.7 Å². The normalized spacial score (nSPS) is 16.1. The summed E-state index contributed by atoms with van der Waals surface area (Å²) in [5.41, 5.74) is 8.62. The number of hydrogen-bond acceptors (Lipinski definition) is 7. The number of benzene rings is 1. The lowest BCUT2D eigenvalue weighted by molar-refractivity contribution is -0.134. The monoisotopic (exact) mass is 420 g/mol. The third-order valence-electron chi connectivity index (χ3n) is 4.98. The van der Waals surface area contributed by atoms with E-state index in [1.54, 1.807) is 11.1 Å². The molecular formula is C22H24N6O3. The van der Waals surface area contributed by atoms with Crippen molar-refractivity contribution in [2.45, 2.75) is 12.6 Å². The van der Waals surface area contributed by atoms with Crippen LogP contribution in [0, 0.1) is 0 Å². The van der Waals surface area contributed by atoms with Gasteiger partial charge in [0.05, 0.1) is 31.5 Å². The molecular weight excluding hydrogens is 396 g/mol. The van der Waals surface area contributed by atoms with Crippen LogP contribution in [0.25, 0.3) is 11.1 Å². The van der Waals surface area contributed by atoms with E-state index in [-0.39, 0.29) is 18.6 Å². The lowest BCUT2D eigenvalue weighted by atomic mass is 10.1. The summed E-state index contributed by atoms with van der Waals surface area (Å²) in [7, 11) is 0. The summed E-state index contributed by atoms with van der Waals surface area (Å²) in [6.45, 7) is 5.80. The Hall–Kier alpha value is -3.72. The van der Waals surface area contributed by atoms with Crippen LogP contribution in [0.3, 0.4) is 0 Å². The molecule has 3 heterocycles. The number of amides is 1. The minimum absolute atomic E-state index is 0.119. The molecule has 31 heavy (non-hydrogen) atoms. The maximum atomic E-state index is 11.9. The van der Waals surface area contributed by atoms with Gasteiger partial charge >= 0.3 is 0 Å². The number of carbonyl (C=O) groups excluding carboxylic acids is 1. The van der Waals surface area contributed by atoms with Crippen molar-refractivity contribution in [2.24, 2.45) is 0 Å². The molecule has 1 fully saturated rings. The highest BCUT2D eigenvalue weighted by atomic mass is 16.5. The standard InChI is InChI=1S/C22H24N6O3/c1-2-19(29)27-8-9-30-18(13-27)14-31-22-20(21(23)24-15-25-22)17-10-26-28(12-17)11-16-6-4-3-5-7-16/h2-7,10,12,15,18H,1,8-9,11,13-14H2,(H2,23,24,25)/t18-/m1/s1. The van der Waals surface area contributed by atoms with Crippen molar-refractivity contribution in [2.75, 3.05) is 32.0 Å². The van der Waals surface area contributed by atoms with Crippen molar-refractivity contribution in [3.05, 3.63) is 67.3 Å². The first-order valence-corrected chi connectivity index (χ1v) is 9.97. The number of rotatable bonds is 7. The van der Waals surface area contributed by atoms with Crippen LogP contribution < -0.4 is 10.5 Å². The molecule has 1 amide bonds. The number of anilines is 1. The van der Waals surface area contributed by atoms with E-state index in [2.05, 4.69) is 21.6 Å². The zero-order valence-electron chi connectivity index (χ0n) is 17.1. The first kappa shape index (κ1) is 20.5. The quantitative estimate of drug-likeness (QED) is 0.580. The van der Waals surface area contributed by atoms with Crippen molar-refractivity contribution in [1.82, 2.24) is 24.6 Å². The molecule has 1 aromatic carbocycles. The predicted octanol–water partition coefficient (Wildman–Crippen LogP) is 1.76. The second-order valence-electron chi connectivity index (χ2n) is 7.14. The number of nitrogens with two attached hydrogens (primary N) is 1. The summed E-state index contributed by atoms with van der Waals surface area (Å²) in [5.74, 6) is 0.533. The van der Waals surface area contributed by atoms with E-state index in [1.165, 1.54) is 12.4 Å². The minimum atomic E-state index is -0.275. The predicted molar refractivity (Wildman–Crippen MR) is 115 cm³/mol.